The van der Waals surface area contributed by atoms with E-state index in [4.69, 9.17) is 0 Å². The molecule has 0 aliphatic heterocycles. The smallest absolute Gasteiger partial charge is 0.427 e. The zero-order chi connectivity index (χ0) is 12.7. The van der Waals surface area contributed by atoms with Gasteiger partial charge in [-0.15, -0.1) is 0 Å². The third-order valence-corrected chi connectivity index (χ3v) is 2.18. The molecule has 0 aromatic heterocycles. The summed E-state index contributed by atoms with van der Waals surface area (Å²) in [5, 5.41) is 4.10. The molecular weight excluding hydrogens is 216 g/mol. The highest BCUT2D eigenvalue weighted by atomic mass is 16.5. The van der Waals surface area contributed by atoms with Crippen molar-refractivity contribution < 1.29 is 9.53 Å². The van der Waals surface area contributed by atoms with E-state index in [2.05, 4.69) is 29.1 Å². The first-order chi connectivity index (χ1) is 8.13. The molecule has 17 heavy (non-hydrogen) atoms. The van der Waals surface area contributed by atoms with E-state index in [1.54, 1.807) is 0 Å². The van der Waals surface area contributed by atoms with Crippen molar-refractivity contribution in [3.8, 4) is 0 Å². The molecule has 0 unspecified atom stereocenters. The quantitative estimate of drug-likeness (QED) is 0.643. The van der Waals surface area contributed by atoms with Crippen LogP contribution < -0.4 is 5.43 Å². The second kappa shape index (κ2) is 6.68. The number of nitrogens with zero attached hydrogens (tertiary/aromatic N) is 1. The SMILES string of the molecule is COC(=O)N/N=C(/CC(C)C)c1ccccc1. The van der Waals surface area contributed by atoms with Crippen LogP contribution in [0.2, 0.25) is 0 Å². The van der Waals surface area contributed by atoms with Crippen LogP contribution >= 0.6 is 0 Å². The number of hydrogen-bond acceptors (Lipinski definition) is 3. The van der Waals surface area contributed by atoms with Gasteiger partial charge in [-0.05, 0) is 17.9 Å². The van der Waals surface area contributed by atoms with Crippen LogP contribution in [-0.2, 0) is 4.74 Å². The molecule has 1 aromatic rings. The van der Waals surface area contributed by atoms with Gasteiger partial charge in [-0.2, -0.15) is 5.10 Å². The van der Waals surface area contributed by atoms with Crippen molar-refractivity contribution in [1.82, 2.24) is 5.43 Å². The minimum atomic E-state index is -0.554. The fourth-order valence-corrected chi connectivity index (χ4v) is 1.40. The van der Waals surface area contributed by atoms with Crippen LogP contribution in [-0.4, -0.2) is 18.9 Å². The minimum absolute atomic E-state index is 0.466. The van der Waals surface area contributed by atoms with Crippen LogP contribution in [0.15, 0.2) is 35.4 Å². The lowest BCUT2D eigenvalue weighted by Gasteiger charge is -2.09. The first kappa shape index (κ1) is 13.2. The van der Waals surface area contributed by atoms with Crippen LogP contribution in [0.3, 0.4) is 0 Å². The van der Waals surface area contributed by atoms with Gasteiger partial charge in [0.15, 0.2) is 0 Å². The summed E-state index contributed by atoms with van der Waals surface area (Å²) in [5.74, 6) is 0.466. The maximum atomic E-state index is 11.0. The molecule has 4 nitrogen and oxygen atoms in total. The van der Waals surface area contributed by atoms with Gasteiger partial charge in [0.2, 0.25) is 0 Å². The van der Waals surface area contributed by atoms with Gasteiger partial charge in [0.1, 0.15) is 0 Å². The first-order valence-corrected chi connectivity index (χ1v) is 5.59. The Labute approximate surface area is 102 Å². The Balaban J connectivity index is 2.84. The van der Waals surface area contributed by atoms with E-state index in [1.165, 1.54) is 7.11 Å². The number of amides is 1. The average molecular weight is 234 g/mol. The molecule has 4 heteroatoms. The Kier molecular flexibility index (Phi) is 5.20. The lowest BCUT2D eigenvalue weighted by Crippen LogP contribution is -2.20. The minimum Gasteiger partial charge on any atom is -0.452 e. The Morgan fingerprint density at radius 3 is 2.53 bits per heavy atom. The molecule has 0 spiro atoms. The predicted molar refractivity (Wildman–Crippen MR) is 68.0 cm³/mol. The monoisotopic (exact) mass is 234 g/mol. The molecule has 0 saturated heterocycles. The fraction of sp³-hybridized carbons (Fsp3) is 0.385. The third kappa shape index (κ3) is 4.68. The molecule has 0 heterocycles. The van der Waals surface area contributed by atoms with E-state index in [1.807, 2.05) is 30.3 Å². The standard InChI is InChI=1S/C13H18N2O2/c1-10(2)9-12(14-15-13(16)17-3)11-7-5-4-6-8-11/h4-8,10H,9H2,1-3H3,(H,15,16)/b14-12-. The van der Waals surface area contributed by atoms with E-state index in [9.17, 15) is 4.79 Å². The molecule has 0 saturated carbocycles. The predicted octanol–water partition coefficient (Wildman–Crippen LogP) is 2.79. The van der Waals surface area contributed by atoms with Gasteiger partial charge in [0, 0.05) is 0 Å². The molecule has 1 amide bonds. The second-order valence-electron chi connectivity index (χ2n) is 4.13. The van der Waals surface area contributed by atoms with Crippen LogP contribution in [0.4, 0.5) is 4.79 Å². The molecule has 1 N–H and O–H groups in total. The fourth-order valence-electron chi connectivity index (χ4n) is 1.40. The maximum absolute atomic E-state index is 11.0. The van der Waals surface area contributed by atoms with Crippen molar-refractivity contribution in [2.24, 2.45) is 11.0 Å². The third-order valence-electron chi connectivity index (χ3n) is 2.18. The zero-order valence-electron chi connectivity index (χ0n) is 10.4. The molecule has 0 radical (unpaired) electrons. The lowest BCUT2D eigenvalue weighted by atomic mass is 10.0. The molecule has 0 aliphatic carbocycles. The molecule has 92 valence electrons. The zero-order valence-corrected chi connectivity index (χ0v) is 10.4. The summed E-state index contributed by atoms with van der Waals surface area (Å²) in [6.45, 7) is 4.22. The highest BCUT2D eigenvalue weighted by Gasteiger charge is 2.07. The number of ether oxygens (including phenoxy) is 1. The highest BCUT2D eigenvalue weighted by molar-refractivity contribution is 6.00. The van der Waals surface area contributed by atoms with Gasteiger partial charge in [-0.3, -0.25) is 0 Å². The number of carbonyl (C=O) groups excluding carboxylic acids is 1. The van der Waals surface area contributed by atoms with E-state index < -0.39 is 6.09 Å². The van der Waals surface area contributed by atoms with Crippen molar-refractivity contribution >= 4 is 11.8 Å². The summed E-state index contributed by atoms with van der Waals surface area (Å²) in [7, 11) is 1.31. The molecule has 0 bridgehead atoms. The maximum Gasteiger partial charge on any atom is 0.427 e. The van der Waals surface area contributed by atoms with Gasteiger partial charge in [-0.1, -0.05) is 44.2 Å². The van der Waals surface area contributed by atoms with Crippen molar-refractivity contribution in [2.45, 2.75) is 20.3 Å². The normalized spacial score (nSPS) is 11.4. The Hall–Kier alpha value is -1.84. The molecule has 0 aliphatic rings. The number of hydrazone groups is 1. The number of nitrogens with one attached hydrogen (secondary N) is 1. The van der Waals surface area contributed by atoms with Crippen molar-refractivity contribution in [2.75, 3.05) is 7.11 Å². The topological polar surface area (TPSA) is 50.7 Å². The van der Waals surface area contributed by atoms with Gasteiger partial charge >= 0.3 is 6.09 Å². The van der Waals surface area contributed by atoms with Crippen LogP contribution in [0.25, 0.3) is 0 Å². The number of hydrogen-bond donors (Lipinski definition) is 1. The number of benzene rings is 1. The van der Waals surface area contributed by atoms with Crippen LogP contribution in [0.1, 0.15) is 25.8 Å². The van der Waals surface area contributed by atoms with Gasteiger partial charge < -0.3 is 4.74 Å². The van der Waals surface area contributed by atoms with Gasteiger partial charge in [-0.25, -0.2) is 10.2 Å². The Morgan fingerprint density at radius 1 is 1.35 bits per heavy atom. The summed E-state index contributed by atoms with van der Waals surface area (Å²) in [6, 6.07) is 9.79. The average Bonchev–Trinajstić information content (AvgIpc) is 2.34. The second-order valence-corrected chi connectivity index (χ2v) is 4.13. The summed E-state index contributed by atoms with van der Waals surface area (Å²) < 4.78 is 4.48. The summed E-state index contributed by atoms with van der Waals surface area (Å²) >= 11 is 0. The highest BCUT2D eigenvalue weighted by Crippen LogP contribution is 2.09. The van der Waals surface area contributed by atoms with Crippen LogP contribution in [0, 0.1) is 5.92 Å². The van der Waals surface area contributed by atoms with Crippen molar-refractivity contribution in [1.29, 1.82) is 0 Å². The summed E-state index contributed by atoms with van der Waals surface area (Å²) in [4.78, 5) is 11.0. The van der Waals surface area contributed by atoms with Crippen molar-refractivity contribution in [3.63, 3.8) is 0 Å². The van der Waals surface area contributed by atoms with E-state index in [0.717, 1.165) is 17.7 Å². The molecule has 0 fully saturated rings. The van der Waals surface area contributed by atoms with E-state index in [-0.39, 0.29) is 0 Å². The number of carbonyl (C=O) groups is 1. The number of methoxy groups -OCH3 is 1. The van der Waals surface area contributed by atoms with Crippen molar-refractivity contribution in [3.05, 3.63) is 35.9 Å². The summed E-state index contributed by atoms with van der Waals surface area (Å²) in [6.07, 6.45) is 0.246. The summed E-state index contributed by atoms with van der Waals surface area (Å²) in [5.41, 5.74) is 4.23. The molecule has 1 aromatic carbocycles. The first-order valence-electron chi connectivity index (χ1n) is 5.59. The Bertz CT molecular complexity index is 386. The van der Waals surface area contributed by atoms with E-state index >= 15 is 0 Å². The lowest BCUT2D eigenvalue weighted by molar-refractivity contribution is 0.171. The van der Waals surface area contributed by atoms with Gasteiger partial charge in [0.05, 0.1) is 12.8 Å². The Morgan fingerprint density at radius 2 is 2.00 bits per heavy atom. The van der Waals surface area contributed by atoms with Crippen LogP contribution in [0.5, 0.6) is 0 Å². The molecule has 0 atom stereocenters. The molecule has 1 rings (SSSR count). The van der Waals surface area contributed by atoms with Gasteiger partial charge in [0.25, 0.3) is 0 Å². The number of rotatable bonds is 4. The van der Waals surface area contributed by atoms with E-state index in [0.29, 0.717) is 5.92 Å². The largest absolute Gasteiger partial charge is 0.452 e. The molecular formula is C13H18N2O2.